The van der Waals surface area contributed by atoms with Gasteiger partial charge in [-0.3, -0.25) is 0 Å². The smallest absolute Gasteiger partial charge is 0.339 e. The molecule has 3 nitrogen and oxygen atoms in total. The van der Waals surface area contributed by atoms with E-state index in [9.17, 15) is 9.90 Å². The molecular formula is C15H22O3Zn. The Morgan fingerprint density at radius 3 is 2.00 bits per heavy atom. The van der Waals surface area contributed by atoms with Gasteiger partial charge in [0.1, 0.15) is 16.9 Å². The van der Waals surface area contributed by atoms with Crippen molar-refractivity contribution in [2.75, 3.05) is 0 Å². The fraction of sp³-hybridized carbons (Fsp3) is 0.533. The topological polar surface area (TPSA) is 46.5 Å². The summed E-state index contributed by atoms with van der Waals surface area (Å²) in [6.07, 6.45) is 0. The van der Waals surface area contributed by atoms with Crippen LogP contribution >= 0.6 is 0 Å². The van der Waals surface area contributed by atoms with Crippen molar-refractivity contribution in [1.29, 1.82) is 0 Å². The van der Waals surface area contributed by atoms with Crippen LogP contribution in [0.25, 0.3) is 0 Å². The maximum absolute atomic E-state index is 11.3. The molecule has 0 unspecified atom stereocenters. The van der Waals surface area contributed by atoms with Crippen molar-refractivity contribution in [2.24, 2.45) is 0 Å². The SMILES string of the molecule is CC(C)(C)Oc1c(C(=O)O)cccc1C(C)(C)C.[Zn]. The summed E-state index contributed by atoms with van der Waals surface area (Å²) in [5.74, 6) is -0.481. The van der Waals surface area contributed by atoms with Crippen molar-refractivity contribution < 1.29 is 34.1 Å². The van der Waals surface area contributed by atoms with Crippen LogP contribution in [-0.4, -0.2) is 16.7 Å². The number of hydrogen-bond acceptors (Lipinski definition) is 2. The molecule has 102 valence electrons. The van der Waals surface area contributed by atoms with Gasteiger partial charge in [0.25, 0.3) is 0 Å². The first-order valence-corrected chi connectivity index (χ1v) is 6.08. The fourth-order valence-electron chi connectivity index (χ4n) is 1.71. The van der Waals surface area contributed by atoms with Crippen LogP contribution in [0.15, 0.2) is 18.2 Å². The molecule has 1 aromatic carbocycles. The molecule has 0 saturated heterocycles. The predicted octanol–water partition coefficient (Wildman–Crippen LogP) is 3.86. The minimum absolute atomic E-state index is 0. The third-order valence-electron chi connectivity index (χ3n) is 2.46. The number of benzene rings is 1. The van der Waals surface area contributed by atoms with E-state index in [4.69, 9.17) is 4.74 Å². The van der Waals surface area contributed by atoms with Gasteiger partial charge in [-0.1, -0.05) is 32.9 Å². The molecular weight excluding hydrogens is 294 g/mol. The zero-order valence-corrected chi connectivity index (χ0v) is 15.7. The van der Waals surface area contributed by atoms with E-state index >= 15 is 0 Å². The fourth-order valence-corrected chi connectivity index (χ4v) is 1.71. The Hall–Kier alpha value is -0.887. The maximum Gasteiger partial charge on any atom is 0.339 e. The van der Waals surface area contributed by atoms with Crippen molar-refractivity contribution in [1.82, 2.24) is 0 Å². The van der Waals surface area contributed by atoms with Crippen LogP contribution in [-0.2, 0) is 24.9 Å². The minimum Gasteiger partial charge on any atom is -0.487 e. The Morgan fingerprint density at radius 1 is 1.11 bits per heavy atom. The van der Waals surface area contributed by atoms with Gasteiger partial charge < -0.3 is 9.84 Å². The minimum atomic E-state index is -0.958. The number of para-hydroxylation sites is 1. The van der Waals surface area contributed by atoms with Gasteiger partial charge in [-0.15, -0.1) is 0 Å². The van der Waals surface area contributed by atoms with Crippen molar-refractivity contribution in [3.8, 4) is 5.75 Å². The van der Waals surface area contributed by atoms with Crippen LogP contribution < -0.4 is 4.74 Å². The molecule has 0 spiro atoms. The number of rotatable bonds is 2. The predicted molar refractivity (Wildman–Crippen MR) is 72.5 cm³/mol. The number of carbonyl (C=O) groups is 1. The van der Waals surface area contributed by atoms with Gasteiger partial charge in [0, 0.05) is 25.0 Å². The second-order valence-corrected chi connectivity index (χ2v) is 6.45. The summed E-state index contributed by atoms with van der Waals surface area (Å²) in [6.45, 7) is 11.9. The standard InChI is InChI=1S/C15H22O3.Zn/c1-14(2,3)11-9-7-8-10(13(16)17)12(11)18-15(4,5)6;/h7-9H,1-6H3,(H,16,17);. The molecule has 0 aliphatic rings. The molecule has 1 aromatic rings. The van der Waals surface area contributed by atoms with Gasteiger partial charge in [-0.2, -0.15) is 0 Å². The van der Waals surface area contributed by atoms with Crippen LogP contribution in [0.4, 0.5) is 0 Å². The average Bonchev–Trinajstić information content (AvgIpc) is 2.13. The molecule has 19 heavy (non-hydrogen) atoms. The van der Waals surface area contributed by atoms with E-state index in [2.05, 4.69) is 0 Å². The van der Waals surface area contributed by atoms with Crippen LogP contribution in [0, 0.1) is 0 Å². The number of carboxylic acid groups (broad SMARTS) is 1. The van der Waals surface area contributed by atoms with Crippen LogP contribution in [0.2, 0.25) is 0 Å². The molecule has 0 heterocycles. The first-order chi connectivity index (χ1) is 8.02. The molecule has 0 radical (unpaired) electrons. The summed E-state index contributed by atoms with van der Waals surface area (Å²) < 4.78 is 5.87. The van der Waals surface area contributed by atoms with E-state index in [0.29, 0.717) is 5.75 Å². The quantitative estimate of drug-likeness (QED) is 0.843. The van der Waals surface area contributed by atoms with Crippen LogP contribution in [0.3, 0.4) is 0 Å². The maximum atomic E-state index is 11.3. The van der Waals surface area contributed by atoms with Crippen molar-refractivity contribution >= 4 is 5.97 Å². The van der Waals surface area contributed by atoms with Gasteiger partial charge in [0.2, 0.25) is 0 Å². The molecule has 0 aliphatic heterocycles. The number of ether oxygens (including phenoxy) is 1. The Morgan fingerprint density at radius 2 is 1.63 bits per heavy atom. The van der Waals surface area contributed by atoms with Gasteiger partial charge in [0.05, 0.1) is 0 Å². The zero-order valence-electron chi connectivity index (χ0n) is 12.7. The zero-order chi connectivity index (χ0) is 14.1. The summed E-state index contributed by atoms with van der Waals surface area (Å²) in [4.78, 5) is 11.3. The second kappa shape index (κ2) is 6.04. The summed E-state index contributed by atoms with van der Waals surface area (Å²) in [7, 11) is 0. The van der Waals surface area contributed by atoms with Gasteiger partial charge in [-0.25, -0.2) is 4.79 Å². The average molecular weight is 316 g/mol. The van der Waals surface area contributed by atoms with Crippen LogP contribution in [0.1, 0.15) is 57.5 Å². The molecule has 0 fully saturated rings. The van der Waals surface area contributed by atoms with Crippen molar-refractivity contribution in [3.63, 3.8) is 0 Å². The van der Waals surface area contributed by atoms with E-state index in [1.54, 1.807) is 12.1 Å². The molecule has 1 N–H and O–H groups in total. The van der Waals surface area contributed by atoms with Crippen molar-refractivity contribution in [3.05, 3.63) is 29.3 Å². The van der Waals surface area contributed by atoms with Gasteiger partial charge in [0.15, 0.2) is 0 Å². The summed E-state index contributed by atoms with van der Waals surface area (Å²) >= 11 is 0. The van der Waals surface area contributed by atoms with E-state index in [1.807, 2.05) is 47.6 Å². The molecule has 0 amide bonds. The first-order valence-electron chi connectivity index (χ1n) is 6.08. The Kier molecular flexibility index (Phi) is 5.76. The Labute approximate surface area is 128 Å². The molecule has 0 aliphatic carbocycles. The van der Waals surface area contributed by atoms with Crippen LogP contribution in [0.5, 0.6) is 5.75 Å². The summed E-state index contributed by atoms with van der Waals surface area (Å²) in [5, 5.41) is 9.27. The number of hydrogen-bond donors (Lipinski definition) is 1. The number of aromatic carboxylic acids is 1. The molecule has 0 saturated carbocycles. The van der Waals surface area contributed by atoms with Gasteiger partial charge >= 0.3 is 5.97 Å². The molecule has 1 rings (SSSR count). The largest absolute Gasteiger partial charge is 0.487 e. The third kappa shape index (κ3) is 4.95. The molecule has 4 heteroatoms. The summed E-state index contributed by atoms with van der Waals surface area (Å²) in [5.41, 5.74) is 0.548. The van der Waals surface area contributed by atoms with Gasteiger partial charge in [-0.05, 0) is 32.3 Å². The Balaban J connectivity index is 0.00000324. The summed E-state index contributed by atoms with van der Waals surface area (Å²) in [6, 6.07) is 5.27. The molecule has 0 aromatic heterocycles. The van der Waals surface area contributed by atoms with E-state index in [-0.39, 0.29) is 30.5 Å². The molecule has 0 atom stereocenters. The van der Waals surface area contributed by atoms with Crippen molar-refractivity contribution in [2.45, 2.75) is 52.6 Å². The normalized spacial score (nSPS) is 11.7. The monoisotopic (exact) mass is 314 g/mol. The van der Waals surface area contributed by atoms with E-state index in [0.717, 1.165) is 5.56 Å². The first kappa shape index (κ1) is 18.1. The third-order valence-corrected chi connectivity index (χ3v) is 2.46. The number of carboxylic acids is 1. The Bertz CT molecular complexity index is 453. The second-order valence-electron chi connectivity index (χ2n) is 6.45. The van der Waals surface area contributed by atoms with E-state index < -0.39 is 11.6 Å². The molecule has 0 bridgehead atoms. The van der Waals surface area contributed by atoms with E-state index in [1.165, 1.54) is 0 Å².